The second-order valence-corrected chi connectivity index (χ2v) is 9.97. The largest absolute Gasteiger partial charge is 0.488 e. The quantitative estimate of drug-likeness (QED) is 0.213. The summed E-state index contributed by atoms with van der Waals surface area (Å²) < 4.78 is 46.6. The Balaban J connectivity index is 1.88. The zero-order valence-corrected chi connectivity index (χ0v) is 22.7. The van der Waals surface area contributed by atoms with E-state index in [0.717, 1.165) is 60.3 Å². The number of urea groups is 1. The fraction of sp³-hybridized carbons (Fsp3) is 0.538. The summed E-state index contributed by atoms with van der Waals surface area (Å²) in [5, 5.41) is 8.50. The first kappa shape index (κ1) is 29.4. The highest BCUT2D eigenvalue weighted by Gasteiger charge is 2.49. The van der Waals surface area contributed by atoms with Gasteiger partial charge in [-0.25, -0.2) is 19.4 Å². The van der Waals surface area contributed by atoms with Crippen LogP contribution in [0.2, 0.25) is 0 Å². The van der Waals surface area contributed by atoms with Crippen LogP contribution in [0.25, 0.3) is 5.57 Å². The van der Waals surface area contributed by atoms with Gasteiger partial charge in [0.15, 0.2) is 6.23 Å². The Morgan fingerprint density at radius 3 is 2.55 bits per heavy atom. The van der Waals surface area contributed by atoms with Crippen LogP contribution in [-0.2, 0) is 4.74 Å². The molecular formula is C26H34F3N5O3S. The number of carbonyl (C=O) groups is 2. The number of aromatic nitrogens is 2. The topological polar surface area (TPSA) is 78.9 Å². The number of benzene rings is 1. The molecule has 0 bridgehead atoms. The lowest BCUT2D eigenvalue weighted by Crippen LogP contribution is -2.60. The number of unbranched alkanes of at least 4 members (excludes halogenated alkanes) is 4. The smallest absolute Gasteiger partial charge is 0.424 e. The number of alkyl halides is 3. The molecule has 1 saturated heterocycles. The Bertz CT molecular complexity index is 1090. The Hall–Kier alpha value is -3.15. The average Bonchev–Trinajstić information content (AvgIpc) is 3.37. The van der Waals surface area contributed by atoms with Crippen molar-refractivity contribution in [2.45, 2.75) is 78.2 Å². The molecule has 1 aromatic carbocycles. The summed E-state index contributed by atoms with van der Waals surface area (Å²) >= 11 is 0.985. The SMILES string of the molecule is CCC/C=C(/C)c1nnc(N2C(=O)N(C(F)(F)F)CCC2OC(=O)N(CCCCCC)c2ccccc2)s1. The molecule has 1 unspecified atom stereocenters. The molecule has 2 heterocycles. The van der Waals surface area contributed by atoms with Crippen LogP contribution in [0.4, 0.5) is 33.6 Å². The normalized spacial score (nSPS) is 16.6. The molecule has 0 saturated carbocycles. The number of allylic oxidation sites excluding steroid dienone is 2. The number of rotatable bonds is 11. The van der Waals surface area contributed by atoms with Crippen LogP contribution in [-0.4, -0.2) is 52.8 Å². The van der Waals surface area contributed by atoms with Crippen molar-refractivity contribution in [1.82, 2.24) is 15.1 Å². The summed E-state index contributed by atoms with van der Waals surface area (Å²) in [6.45, 7) is 5.67. The molecule has 1 aliphatic heterocycles. The maximum atomic E-state index is 13.6. The van der Waals surface area contributed by atoms with Gasteiger partial charge in [-0.05, 0) is 37.5 Å². The van der Waals surface area contributed by atoms with Crippen molar-refractivity contribution in [2.24, 2.45) is 0 Å². The summed E-state index contributed by atoms with van der Waals surface area (Å²) in [6, 6.07) is 7.57. The number of para-hydroxylation sites is 1. The van der Waals surface area contributed by atoms with Crippen molar-refractivity contribution < 1.29 is 27.5 Å². The van der Waals surface area contributed by atoms with Gasteiger partial charge in [-0.3, -0.25) is 4.90 Å². The van der Waals surface area contributed by atoms with E-state index in [1.54, 1.807) is 24.3 Å². The molecule has 0 spiro atoms. The van der Waals surface area contributed by atoms with Gasteiger partial charge < -0.3 is 4.74 Å². The summed E-state index contributed by atoms with van der Waals surface area (Å²) in [7, 11) is 0. The summed E-state index contributed by atoms with van der Waals surface area (Å²) in [4.78, 5) is 28.5. The number of halogens is 3. The zero-order valence-electron chi connectivity index (χ0n) is 21.9. The summed E-state index contributed by atoms with van der Waals surface area (Å²) in [6.07, 6.45) is 0.244. The lowest BCUT2D eigenvalue weighted by atomic mass is 10.2. The molecule has 0 aliphatic carbocycles. The number of nitrogens with zero attached hydrogens (tertiary/aromatic N) is 5. The third-order valence-electron chi connectivity index (χ3n) is 6.09. The Kier molecular flexibility index (Phi) is 10.5. The monoisotopic (exact) mass is 553 g/mol. The van der Waals surface area contributed by atoms with E-state index in [1.807, 2.05) is 26.0 Å². The molecule has 1 aromatic heterocycles. The van der Waals surface area contributed by atoms with Gasteiger partial charge >= 0.3 is 18.4 Å². The molecule has 8 nitrogen and oxygen atoms in total. The van der Waals surface area contributed by atoms with Gasteiger partial charge in [-0.2, -0.15) is 0 Å². The highest BCUT2D eigenvalue weighted by molar-refractivity contribution is 7.16. The molecule has 12 heteroatoms. The van der Waals surface area contributed by atoms with Crippen LogP contribution in [0.3, 0.4) is 0 Å². The van der Waals surface area contributed by atoms with E-state index in [1.165, 1.54) is 4.90 Å². The van der Waals surface area contributed by atoms with Gasteiger partial charge in [0.05, 0.1) is 0 Å². The first-order chi connectivity index (χ1) is 18.2. The first-order valence-corrected chi connectivity index (χ1v) is 13.7. The maximum Gasteiger partial charge on any atom is 0.488 e. The van der Waals surface area contributed by atoms with E-state index in [4.69, 9.17) is 4.74 Å². The Labute approximate surface area is 225 Å². The molecule has 1 fully saturated rings. The number of amides is 3. The van der Waals surface area contributed by atoms with Crippen LogP contribution in [0.5, 0.6) is 0 Å². The van der Waals surface area contributed by atoms with Crippen LogP contribution in [0.1, 0.15) is 70.7 Å². The maximum absolute atomic E-state index is 13.6. The Morgan fingerprint density at radius 1 is 1.16 bits per heavy atom. The highest BCUT2D eigenvalue weighted by atomic mass is 32.1. The molecule has 0 radical (unpaired) electrons. The number of hydrogen-bond donors (Lipinski definition) is 0. The van der Waals surface area contributed by atoms with Gasteiger partial charge in [0.1, 0.15) is 5.01 Å². The number of ether oxygens (including phenoxy) is 1. The standard InChI is InChI=1S/C26H34F3N5O3S/c1-4-6-8-12-17-32(20-14-10-9-11-15-20)25(36)37-21-16-18-33(26(27,28)29)24(35)34(21)23-31-30-22(38-23)19(3)13-7-5-2/h9-11,13-15,21H,4-8,12,16-18H2,1-3H3/b19-13-. The van der Waals surface area contributed by atoms with E-state index in [2.05, 4.69) is 17.1 Å². The second kappa shape index (κ2) is 13.6. The van der Waals surface area contributed by atoms with Crippen LogP contribution >= 0.6 is 11.3 Å². The van der Waals surface area contributed by atoms with Gasteiger partial charge in [0.25, 0.3) is 0 Å². The minimum Gasteiger partial charge on any atom is -0.424 e. The van der Waals surface area contributed by atoms with Gasteiger partial charge in [-0.15, -0.1) is 23.4 Å². The van der Waals surface area contributed by atoms with Gasteiger partial charge in [0, 0.05) is 25.2 Å². The molecule has 3 amide bonds. The predicted octanol–water partition coefficient (Wildman–Crippen LogP) is 7.44. The van der Waals surface area contributed by atoms with E-state index < -0.39 is 31.2 Å². The third kappa shape index (κ3) is 7.46. The van der Waals surface area contributed by atoms with E-state index in [0.29, 0.717) is 17.2 Å². The molecule has 38 heavy (non-hydrogen) atoms. The number of carbonyl (C=O) groups excluding carboxylic acids is 2. The molecule has 2 aromatic rings. The van der Waals surface area contributed by atoms with Crippen molar-refractivity contribution in [1.29, 1.82) is 0 Å². The van der Waals surface area contributed by atoms with E-state index >= 15 is 0 Å². The van der Waals surface area contributed by atoms with Crippen molar-refractivity contribution >= 4 is 39.9 Å². The fourth-order valence-electron chi connectivity index (χ4n) is 4.00. The van der Waals surface area contributed by atoms with Crippen LogP contribution in [0, 0.1) is 0 Å². The van der Waals surface area contributed by atoms with Gasteiger partial charge in [0.2, 0.25) is 5.13 Å². The predicted molar refractivity (Wildman–Crippen MR) is 142 cm³/mol. The highest BCUT2D eigenvalue weighted by Crippen LogP contribution is 2.35. The molecule has 0 N–H and O–H groups in total. The lowest BCUT2D eigenvalue weighted by Gasteiger charge is -2.40. The third-order valence-corrected chi connectivity index (χ3v) is 7.15. The summed E-state index contributed by atoms with van der Waals surface area (Å²) in [5.74, 6) is 0. The average molecular weight is 554 g/mol. The molecule has 1 aliphatic rings. The van der Waals surface area contributed by atoms with Crippen molar-refractivity contribution in [3.63, 3.8) is 0 Å². The lowest BCUT2D eigenvalue weighted by molar-refractivity contribution is -0.227. The van der Waals surface area contributed by atoms with Crippen LogP contribution < -0.4 is 9.80 Å². The summed E-state index contributed by atoms with van der Waals surface area (Å²) in [5.41, 5.74) is 1.41. The zero-order chi connectivity index (χ0) is 27.7. The van der Waals surface area contributed by atoms with E-state index in [-0.39, 0.29) is 16.5 Å². The van der Waals surface area contributed by atoms with Crippen molar-refractivity contribution in [3.05, 3.63) is 41.4 Å². The van der Waals surface area contributed by atoms with E-state index in [9.17, 15) is 22.8 Å². The molecule has 3 rings (SSSR count). The first-order valence-electron chi connectivity index (χ1n) is 12.9. The number of anilines is 2. The minimum absolute atomic E-state index is 0.0600. The Morgan fingerprint density at radius 2 is 1.89 bits per heavy atom. The van der Waals surface area contributed by atoms with Crippen molar-refractivity contribution in [2.75, 3.05) is 22.9 Å². The molecule has 1 atom stereocenters. The van der Waals surface area contributed by atoms with Gasteiger partial charge in [-0.1, -0.05) is 75.1 Å². The number of hydrogen-bond acceptors (Lipinski definition) is 6. The van der Waals surface area contributed by atoms with Crippen LogP contribution in [0.15, 0.2) is 36.4 Å². The fourth-order valence-corrected chi connectivity index (χ4v) is 4.87. The molecular weight excluding hydrogens is 519 g/mol. The van der Waals surface area contributed by atoms with Crippen molar-refractivity contribution in [3.8, 4) is 0 Å². The second-order valence-electron chi connectivity index (χ2n) is 9.01. The minimum atomic E-state index is -4.88. The molecule has 208 valence electrons.